The number of rotatable bonds is 4. The predicted molar refractivity (Wildman–Crippen MR) is 99.1 cm³/mol. The van der Waals surface area contributed by atoms with Crippen LogP contribution in [0.25, 0.3) is 11.3 Å². The summed E-state index contributed by atoms with van der Waals surface area (Å²) in [6.45, 7) is 0. The summed E-state index contributed by atoms with van der Waals surface area (Å²) in [7, 11) is 0. The second-order valence-electron chi connectivity index (χ2n) is 4.78. The molecule has 0 saturated heterocycles. The van der Waals surface area contributed by atoms with Gasteiger partial charge in [0.2, 0.25) is 0 Å². The van der Waals surface area contributed by atoms with Gasteiger partial charge < -0.3 is 0 Å². The average molecular weight is 399 g/mol. The zero-order valence-electron chi connectivity index (χ0n) is 12.1. The molecule has 4 nitrogen and oxygen atoms in total. The van der Waals surface area contributed by atoms with E-state index < -0.39 is 0 Å². The highest BCUT2D eigenvalue weighted by Gasteiger charge is 2.12. The molecule has 0 aliphatic heterocycles. The van der Waals surface area contributed by atoms with Gasteiger partial charge in [-0.05, 0) is 12.1 Å². The van der Waals surface area contributed by atoms with Gasteiger partial charge in [0.25, 0.3) is 5.56 Å². The highest BCUT2D eigenvalue weighted by molar-refractivity contribution is 7.98. The molecule has 0 unspecified atom stereocenters. The van der Waals surface area contributed by atoms with Crippen molar-refractivity contribution in [3.63, 3.8) is 0 Å². The Kier molecular flexibility index (Phi) is 5.46. The molecule has 0 amide bonds. The topological polar surface area (TPSA) is 58.6 Å². The van der Waals surface area contributed by atoms with Crippen LogP contribution in [0.15, 0.2) is 52.4 Å². The fourth-order valence-electron chi connectivity index (χ4n) is 2.01. The van der Waals surface area contributed by atoms with Gasteiger partial charge in [0.05, 0.1) is 10.0 Å². The van der Waals surface area contributed by atoms with E-state index >= 15 is 0 Å². The molecular formula is C16H10Cl3N3OS. The van der Waals surface area contributed by atoms with Crippen LogP contribution in [-0.2, 0) is 5.75 Å². The molecule has 1 heterocycles. The lowest BCUT2D eigenvalue weighted by Gasteiger charge is -2.07. The third-order valence-electron chi connectivity index (χ3n) is 3.22. The Labute approximate surface area is 157 Å². The first-order valence-corrected chi connectivity index (χ1v) is 8.96. The number of aromatic nitrogens is 3. The van der Waals surface area contributed by atoms with Crippen LogP contribution in [0.3, 0.4) is 0 Å². The third kappa shape index (κ3) is 3.75. The van der Waals surface area contributed by atoms with Crippen molar-refractivity contribution < 1.29 is 0 Å². The first-order chi connectivity index (χ1) is 11.6. The fraction of sp³-hybridized carbons (Fsp3) is 0.0625. The molecule has 0 aliphatic rings. The van der Waals surface area contributed by atoms with Gasteiger partial charge in [-0.25, -0.2) is 0 Å². The maximum Gasteiger partial charge on any atom is 0.278 e. The molecule has 0 aliphatic carbocycles. The van der Waals surface area contributed by atoms with Crippen LogP contribution in [0.2, 0.25) is 15.1 Å². The number of thioether (sulfide) groups is 1. The largest absolute Gasteiger partial charge is 0.298 e. The van der Waals surface area contributed by atoms with Crippen molar-refractivity contribution in [2.75, 3.05) is 0 Å². The second kappa shape index (κ2) is 7.57. The van der Waals surface area contributed by atoms with E-state index in [1.807, 2.05) is 18.2 Å². The van der Waals surface area contributed by atoms with Crippen molar-refractivity contribution in [3.05, 3.63) is 73.4 Å². The molecule has 1 N–H and O–H groups in total. The number of aromatic amines is 1. The van der Waals surface area contributed by atoms with Crippen LogP contribution >= 0.6 is 46.6 Å². The molecule has 3 aromatic rings. The van der Waals surface area contributed by atoms with Crippen molar-refractivity contribution in [1.29, 1.82) is 0 Å². The Morgan fingerprint density at radius 3 is 2.38 bits per heavy atom. The Bertz CT molecular complexity index is 932. The number of hydrogen-bond acceptors (Lipinski definition) is 4. The summed E-state index contributed by atoms with van der Waals surface area (Å²) in [5.41, 5.74) is 1.37. The van der Waals surface area contributed by atoms with E-state index in [1.54, 1.807) is 24.3 Å². The minimum Gasteiger partial charge on any atom is -0.298 e. The summed E-state index contributed by atoms with van der Waals surface area (Å²) in [4.78, 5) is 14.9. The highest BCUT2D eigenvalue weighted by atomic mass is 35.5. The van der Waals surface area contributed by atoms with Gasteiger partial charge in [0.1, 0.15) is 0 Å². The number of benzene rings is 2. The molecule has 0 radical (unpaired) electrons. The summed E-state index contributed by atoms with van der Waals surface area (Å²) >= 11 is 19.6. The van der Waals surface area contributed by atoms with Gasteiger partial charge in [-0.15, -0.1) is 10.2 Å². The molecule has 0 bridgehead atoms. The van der Waals surface area contributed by atoms with Gasteiger partial charge in [-0.2, -0.15) is 0 Å². The second-order valence-corrected chi connectivity index (χ2v) is 6.94. The maximum absolute atomic E-state index is 12.2. The maximum atomic E-state index is 12.2. The molecule has 122 valence electrons. The van der Waals surface area contributed by atoms with E-state index in [4.69, 9.17) is 34.8 Å². The van der Waals surface area contributed by atoms with Crippen LogP contribution in [0.4, 0.5) is 0 Å². The summed E-state index contributed by atoms with van der Waals surface area (Å²) in [6.07, 6.45) is 0. The van der Waals surface area contributed by atoms with E-state index in [9.17, 15) is 4.79 Å². The summed E-state index contributed by atoms with van der Waals surface area (Å²) in [5.74, 6) is 0.410. The lowest BCUT2D eigenvalue weighted by atomic mass is 10.2. The number of hydrogen-bond donors (Lipinski definition) is 1. The van der Waals surface area contributed by atoms with E-state index in [2.05, 4.69) is 15.2 Å². The number of nitrogens with zero attached hydrogens (tertiary/aromatic N) is 2. The molecule has 0 spiro atoms. The van der Waals surface area contributed by atoms with Crippen LogP contribution in [0.1, 0.15) is 5.56 Å². The number of nitrogens with one attached hydrogen (secondary N) is 1. The minimum atomic E-state index is -0.304. The lowest BCUT2D eigenvalue weighted by molar-refractivity contribution is 0.824. The smallest absolute Gasteiger partial charge is 0.278 e. The number of halogens is 3. The zero-order valence-corrected chi connectivity index (χ0v) is 15.2. The van der Waals surface area contributed by atoms with Crippen LogP contribution in [0.5, 0.6) is 0 Å². The van der Waals surface area contributed by atoms with Crippen molar-refractivity contribution in [3.8, 4) is 11.3 Å². The van der Waals surface area contributed by atoms with E-state index in [-0.39, 0.29) is 11.3 Å². The monoisotopic (exact) mass is 397 g/mol. The van der Waals surface area contributed by atoms with Gasteiger partial charge >= 0.3 is 0 Å². The third-order valence-corrected chi connectivity index (χ3v) is 5.30. The molecule has 8 heteroatoms. The zero-order chi connectivity index (χ0) is 17.1. The normalized spacial score (nSPS) is 10.8. The summed E-state index contributed by atoms with van der Waals surface area (Å²) in [5, 5.41) is 9.78. The van der Waals surface area contributed by atoms with Crippen LogP contribution < -0.4 is 5.56 Å². The van der Waals surface area contributed by atoms with Gasteiger partial charge in [0, 0.05) is 21.9 Å². The Balaban J connectivity index is 1.82. The molecule has 0 fully saturated rings. The predicted octanol–water partition coefficient (Wildman–Crippen LogP) is 5.08. The Hall–Kier alpha value is -1.53. The molecule has 3 rings (SSSR count). The molecule has 24 heavy (non-hydrogen) atoms. The van der Waals surface area contributed by atoms with Gasteiger partial charge in [-0.3, -0.25) is 9.78 Å². The summed E-state index contributed by atoms with van der Waals surface area (Å²) in [6, 6.07) is 12.5. The lowest BCUT2D eigenvalue weighted by Crippen LogP contribution is -2.14. The molecule has 0 saturated carbocycles. The number of H-pyrrole nitrogens is 1. The summed E-state index contributed by atoms with van der Waals surface area (Å²) < 4.78 is 0. The molecular weight excluding hydrogens is 389 g/mol. The van der Waals surface area contributed by atoms with Gasteiger partial charge in [-0.1, -0.05) is 76.9 Å². The SMILES string of the molecule is O=c1[nH]c(SCc2c(Cl)ccc(Cl)c2Cl)nnc1-c1ccccc1. The average Bonchev–Trinajstić information content (AvgIpc) is 2.59. The van der Waals surface area contributed by atoms with E-state index in [0.717, 1.165) is 0 Å². The first kappa shape index (κ1) is 17.3. The van der Waals surface area contributed by atoms with E-state index in [0.29, 0.717) is 37.1 Å². The standard InChI is InChI=1S/C16H10Cl3N3OS/c17-11-6-7-12(18)13(19)10(11)8-24-16-20-15(23)14(21-22-16)9-4-2-1-3-5-9/h1-7H,8H2,(H,20,22,23). The molecule has 0 atom stereocenters. The highest BCUT2D eigenvalue weighted by Crippen LogP contribution is 2.34. The Morgan fingerprint density at radius 2 is 1.67 bits per heavy atom. The Morgan fingerprint density at radius 1 is 0.958 bits per heavy atom. The van der Waals surface area contributed by atoms with Crippen LogP contribution in [-0.4, -0.2) is 15.2 Å². The van der Waals surface area contributed by atoms with Crippen molar-refractivity contribution in [1.82, 2.24) is 15.2 Å². The van der Waals surface area contributed by atoms with Crippen molar-refractivity contribution in [2.24, 2.45) is 0 Å². The van der Waals surface area contributed by atoms with Crippen molar-refractivity contribution >= 4 is 46.6 Å². The molecule has 1 aromatic heterocycles. The van der Waals surface area contributed by atoms with Crippen LogP contribution in [0, 0.1) is 0 Å². The first-order valence-electron chi connectivity index (χ1n) is 6.84. The fourth-order valence-corrected chi connectivity index (χ4v) is 3.70. The molecule has 2 aromatic carbocycles. The van der Waals surface area contributed by atoms with Crippen molar-refractivity contribution in [2.45, 2.75) is 10.9 Å². The van der Waals surface area contributed by atoms with Gasteiger partial charge in [0.15, 0.2) is 10.9 Å². The van der Waals surface area contributed by atoms with E-state index in [1.165, 1.54) is 11.8 Å². The minimum absolute atomic E-state index is 0.277. The quantitative estimate of drug-likeness (QED) is 0.491.